The van der Waals surface area contributed by atoms with E-state index in [1.54, 1.807) is 6.33 Å². The van der Waals surface area contributed by atoms with E-state index in [-0.39, 0.29) is 6.09 Å². The fourth-order valence-corrected chi connectivity index (χ4v) is 3.52. The van der Waals surface area contributed by atoms with Crippen LogP contribution in [0.4, 0.5) is 4.79 Å². The second kappa shape index (κ2) is 6.51. The minimum absolute atomic E-state index is 0.168. The summed E-state index contributed by atoms with van der Waals surface area (Å²) in [5, 5.41) is 0. The average molecular weight is 320 g/mol. The SMILES string of the molecule is CC(C)(C)OC(=O)N1CC(C2CCCN(Cc3cnc[nH]3)C2)C1. The Morgan fingerprint density at radius 2 is 2.13 bits per heavy atom. The van der Waals surface area contributed by atoms with Gasteiger partial charge in [-0.15, -0.1) is 0 Å². The number of nitrogens with zero attached hydrogens (tertiary/aromatic N) is 3. The van der Waals surface area contributed by atoms with Crippen molar-refractivity contribution in [2.75, 3.05) is 26.2 Å². The highest BCUT2D eigenvalue weighted by molar-refractivity contribution is 5.69. The summed E-state index contributed by atoms with van der Waals surface area (Å²) in [6.07, 6.45) is 5.98. The monoisotopic (exact) mass is 320 g/mol. The molecule has 0 aromatic carbocycles. The summed E-state index contributed by atoms with van der Waals surface area (Å²) < 4.78 is 5.43. The Hall–Kier alpha value is -1.56. The molecule has 2 saturated heterocycles. The molecule has 2 fully saturated rings. The summed E-state index contributed by atoms with van der Waals surface area (Å²) in [5.74, 6) is 1.30. The number of H-pyrrole nitrogens is 1. The molecule has 3 rings (SSSR count). The van der Waals surface area contributed by atoms with Gasteiger partial charge in [0, 0.05) is 38.1 Å². The normalized spacial score (nSPS) is 23.6. The molecule has 23 heavy (non-hydrogen) atoms. The number of hydrogen-bond acceptors (Lipinski definition) is 4. The van der Waals surface area contributed by atoms with E-state index in [0.717, 1.165) is 32.7 Å². The second-order valence-corrected chi connectivity index (χ2v) is 7.86. The van der Waals surface area contributed by atoms with Gasteiger partial charge in [-0.2, -0.15) is 0 Å². The maximum atomic E-state index is 12.0. The lowest BCUT2D eigenvalue weighted by molar-refractivity contribution is -0.0201. The van der Waals surface area contributed by atoms with Gasteiger partial charge >= 0.3 is 6.09 Å². The third-order valence-electron chi connectivity index (χ3n) is 4.72. The molecule has 2 aliphatic rings. The molecule has 1 amide bonds. The van der Waals surface area contributed by atoms with E-state index in [4.69, 9.17) is 4.74 Å². The predicted octanol–water partition coefficient (Wildman–Crippen LogP) is 2.49. The highest BCUT2D eigenvalue weighted by atomic mass is 16.6. The second-order valence-electron chi connectivity index (χ2n) is 7.86. The highest BCUT2D eigenvalue weighted by Crippen LogP contribution is 2.32. The van der Waals surface area contributed by atoms with Crippen molar-refractivity contribution in [3.8, 4) is 0 Å². The third-order valence-corrected chi connectivity index (χ3v) is 4.72. The molecule has 0 aliphatic carbocycles. The third kappa shape index (κ3) is 4.25. The van der Waals surface area contributed by atoms with Crippen molar-refractivity contribution in [1.29, 1.82) is 0 Å². The van der Waals surface area contributed by atoms with Crippen molar-refractivity contribution in [3.05, 3.63) is 18.2 Å². The molecule has 6 nitrogen and oxygen atoms in total. The number of imidazole rings is 1. The van der Waals surface area contributed by atoms with Crippen molar-refractivity contribution in [3.63, 3.8) is 0 Å². The molecular formula is C17H28N4O2. The number of nitrogens with one attached hydrogen (secondary N) is 1. The van der Waals surface area contributed by atoms with Gasteiger partial charge in [0.1, 0.15) is 5.60 Å². The lowest BCUT2D eigenvalue weighted by Gasteiger charge is -2.46. The smallest absolute Gasteiger partial charge is 0.410 e. The van der Waals surface area contributed by atoms with Crippen LogP contribution in [0.1, 0.15) is 39.3 Å². The molecular weight excluding hydrogens is 292 g/mol. The van der Waals surface area contributed by atoms with Gasteiger partial charge in [-0.3, -0.25) is 4.90 Å². The van der Waals surface area contributed by atoms with Gasteiger partial charge in [-0.1, -0.05) is 0 Å². The quantitative estimate of drug-likeness (QED) is 0.929. The van der Waals surface area contributed by atoms with Crippen LogP contribution in [0, 0.1) is 11.8 Å². The average Bonchev–Trinajstić information content (AvgIpc) is 2.88. The predicted molar refractivity (Wildman–Crippen MR) is 87.9 cm³/mol. The molecule has 1 atom stereocenters. The molecule has 1 aromatic heterocycles. The fourth-order valence-electron chi connectivity index (χ4n) is 3.52. The Morgan fingerprint density at radius 1 is 1.35 bits per heavy atom. The standard InChI is InChI=1S/C17H28N4O2/c1-17(2,3)23-16(22)21-9-14(10-21)13-5-4-6-20(8-13)11-15-7-18-12-19-15/h7,12-14H,4-6,8-11H2,1-3H3,(H,18,19). The first kappa shape index (κ1) is 16.3. The summed E-state index contributed by atoms with van der Waals surface area (Å²) in [7, 11) is 0. The van der Waals surface area contributed by atoms with Crippen LogP contribution in [-0.4, -0.2) is 57.6 Å². The Kier molecular flexibility index (Phi) is 4.62. The van der Waals surface area contributed by atoms with E-state index in [9.17, 15) is 4.79 Å². The van der Waals surface area contributed by atoms with Crippen molar-refractivity contribution in [1.82, 2.24) is 19.8 Å². The summed E-state index contributed by atoms with van der Waals surface area (Å²) in [5.41, 5.74) is 0.767. The van der Waals surface area contributed by atoms with Crippen molar-refractivity contribution in [2.24, 2.45) is 11.8 Å². The number of amides is 1. The van der Waals surface area contributed by atoms with Crippen LogP contribution in [0.2, 0.25) is 0 Å². The summed E-state index contributed by atoms with van der Waals surface area (Å²) in [6.45, 7) is 10.6. The van der Waals surface area contributed by atoms with Crippen molar-refractivity contribution in [2.45, 2.75) is 45.8 Å². The molecule has 1 aromatic rings. The first-order chi connectivity index (χ1) is 10.9. The first-order valence-corrected chi connectivity index (χ1v) is 8.58. The number of aromatic amines is 1. The summed E-state index contributed by atoms with van der Waals surface area (Å²) >= 11 is 0. The highest BCUT2D eigenvalue weighted by Gasteiger charge is 2.39. The van der Waals surface area contributed by atoms with Crippen LogP contribution in [-0.2, 0) is 11.3 Å². The zero-order chi connectivity index (χ0) is 16.4. The lowest BCUT2D eigenvalue weighted by Crippen LogP contribution is -2.56. The van der Waals surface area contributed by atoms with Crippen LogP contribution in [0.25, 0.3) is 0 Å². The zero-order valence-electron chi connectivity index (χ0n) is 14.4. The van der Waals surface area contributed by atoms with E-state index < -0.39 is 5.60 Å². The number of likely N-dealkylation sites (tertiary alicyclic amines) is 2. The van der Waals surface area contributed by atoms with Gasteiger partial charge in [-0.05, 0) is 52.0 Å². The van der Waals surface area contributed by atoms with E-state index in [0.29, 0.717) is 11.8 Å². The maximum absolute atomic E-state index is 12.0. The van der Waals surface area contributed by atoms with Crippen LogP contribution >= 0.6 is 0 Å². The lowest BCUT2D eigenvalue weighted by atomic mass is 9.81. The van der Waals surface area contributed by atoms with Gasteiger partial charge in [0.25, 0.3) is 0 Å². The number of carbonyl (C=O) groups is 1. The van der Waals surface area contributed by atoms with Crippen LogP contribution in [0.15, 0.2) is 12.5 Å². The molecule has 0 radical (unpaired) electrons. The number of rotatable bonds is 3. The summed E-state index contributed by atoms with van der Waals surface area (Å²) in [4.78, 5) is 23.6. The van der Waals surface area contributed by atoms with Gasteiger partial charge < -0.3 is 14.6 Å². The Bertz CT molecular complexity index is 517. The zero-order valence-corrected chi connectivity index (χ0v) is 14.4. The molecule has 0 bridgehead atoms. The number of piperidine rings is 1. The van der Waals surface area contributed by atoms with Gasteiger partial charge in [0.05, 0.1) is 6.33 Å². The number of hydrogen-bond donors (Lipinski definition) is 1. The number of aromatic nitrogens is 2. The fraction of sp³-hybridized carbons (Fsp3) is 0.765. The Labute approximate surface area is 138 Å². The number of ether oxygens (including phenoxy) is 1. The Balaban J connectivity index is 1.45. The van der Waals surface area contributed by atoms with Crippen LogP contribution < -0.4 is 0 Å². The molecule has 3 heterocycles. The van der Waals surface area contributed by atoms with Gasteiger partial charge in [0.15, 0.2) is 0 Å². The summed E-state index contributed by atoms with van der Waals surface area (Å²) in [6, 6.07) is 0. The van der Waals surface area contributed by atoms with E-state index in [1.165, 1.54) is 18.5 Å². The molecule has 0 saturated carbocycles. The molecule has 6 heteroatoms. The molecule has 2 aliphatic heterocycles. The number of carbonyl (C=O) groups excluding carboxylic acids is 1. The molecule has 0 spiro atoms. The van der Waals surface area contributed by atoms with Crippen LogP contribution in [0.3, 0.4) is 0 Å². The largest absolute Gasteiger partial charge is 0.444 e. The van der Waals surface area contributed by atoms with Crippen molar-refractivity contribution >= 4 is 6.09 Å². The van der Waals surface area contributed by atoms with Gasteiger partial charge in [0.2, 0.25) is 0 Å². The maximum Gasteiger partial charge on any atom is 0.410 e. The molecule has 1 N–H and O–H groups in total. The minimum atomic E-state index is -0.409. The van der Waals surface area contributed by atoms with Crippen LogP contribution in [0.5, 0.6) is 0 Å². The topological polar surface area (TPSA) is 61.5 Å². The van der Waals surface area contributed by atoms with E-state index in [2.05, 4.69) is 14.9 Å². The van der Waals surface area contributed by atoms with Gasteiger partial charge in [-0.25, -0.2) is 9.78 Å². The Morgan fingerprint density at radius 3 is 2.78 bits per heavy atom. The van der Waals surface area contributed by atoms with Crippen molar-refractivity contribution < 1.29 is 9.53 Å². The molecule has 128 valence electrons. The molecule has 1 unspecified atom stereocenters. The first-order valence-electron chi connectivity index (χ1n) is 8.58. The minimum Gasteiger partial charge on any atom is -0.444 e. The van der Waals surface area contributed by atoms with E-state index >= 15 is 0 Å². The van der Waals surface area contributed by atoms with E-state index in [1.807, 2.05) is 31.9 Å².